The summed E-state index contributed by atoms with van der Waals surface area (Å²) in [5, 5.41) is 10.1. The Morgan fingerprint density at radius 2 is 1.48 bits per heavy atom. The van der Waals surface area contributed by atoms with Gasteiger partial charge in [0.1, 0.15) is 5.75 Å². The molecule has 10 nitrogen and oxygen atoms in total. The number of esters is 1. The number of halogens is 3. The van der Waals surface area contributed by atoms with Crippen molar-refractivity contribution in [3.8, 4) is 5.75 Å². The number of carbonyl (C=O) groups excluding carboxylic acids is 2. The Balaban J connectivity index is 1.74. The maximum absolute atomic E-state index is 12.1. The van der Waals surface area contributed by atoms with Gasteiger partial charge in [-0.2, -0.15) is 13.2 Å². The van der Waals surface area contributed by atoms with Gasteiger partial charge in [0.2, 0.25) is 10.0 Å². The predicted molar refractivity (Wildman–Crippen MR) is 112 cm³/mol. The number of hydrogen-bond acceptors (Lipinski definition) is 7. The van der Waals surface area contributed by atoms with Crippen LogP contribution in [0.2, 0.25) is 0 Å². The first-order valence-corrected chi connectivity index (χ1v) is 10.9. The zero-order chi connectivity index (χ0) is 24.6. The second kappa shape index (κ2) is 11.0. The number of nitrogens with two attached hydrogens (primary N) is 2. The van der Waals surface area contributed by atoms with Crippen LogP contribution in [0.4, 0.5) is 29.3 Å². The second-order valence-corrected chi connectivity index (χ2v) is 8.17. The van der Waals surface area contributed by atoms with Crippen molar-refractivity contribution in [2.75, 3.05) is 17.2 Å². The highest BCUT2D eigenvalue weighted by Gasteiger charge is 2.41. The number of benzene rings is 2. The fraction of sp³-hybridized carbons (Fsp3) is 0.263. The molecule has 180 valence electrons. The summed E-state index contributed by atoms with van der Waals surface area (Å²) in [6.07, 6.45) is -6.29. The Morgan fingerprint density at radius 3 is 1.97 bits per heavy atom. The SMILES string of the molecule is NC(CCCOc1ccc(NC(=O)Nc2ccc(S(N)(=O)=O)cc2)cc1)OC(=O)C(F)(F)F. The average Bonchev–Trinajstić information content (AvgIpc) is 2.71. The van der Waals surface area contributed by atoms with E-state index in [0.29, 0.717) is 17.1 Å². The maximum Gasteiger partial charge on any atom is 0.490 e. The van der Waals surface area contributed by atoms with E-state index in [2.05, 4.69) is 15.4 Å². The van der Waals surface area contributed by atoms with E-state index in [-0.39, 0.29) is 24.3 Å². The van der Waals surface area contributed by atoms with Crippen molar-refractivity contribution in [2.45, 2.75) is 30.1 Å². The second-order valence-electron chi connectivity index (χ2n) is 6.61. The van der Waals surface area contributed by atoms with Crippen molar-refractivity contribution < 1.29 is 40.7 Å². The van der Waals surface area contributed by atoms with Gasteiger partial charge in [-0.25, -0.2) is 23.1 Å². The number of nitrogens with one attached hydrogen (secondary N) is 2. The molecule has 0 saturated heterocycles. The van der Waals surface area contributed by atoms with Crippen LogP contribution >= 0.6 is 0 Å². The van der Waals surface area contributed by atoms with Crippen molar-refractivity contribution >= 4 is 33.4 Å². The summed E-state index contributed by atoms with van der Waals surface area (Å²) in [6.45, 7) is 0.110. The summed E-state index contributed by atoms with van der Waals surface area (Å²) in [7, 11) is -3.83. The van der Waals surface area contributed by atoms with Crippen LogP contribution in [0.1, 0.15) is 12.8 Å². The van der Waals surface area contributed by atoms with Crippen molar-refractivity contribution in [3.05, 3.63) is 48.5 Å². The molecule has 0 aliphatic rings. The summed E-state index contributed by atoms with van der Waals surface area (Å²) >= 11 is 0. The number of carbonyl (C=O) groups is 2. The number of urea groups is 1. The minimum absolute atomic E-state index is 0.0280. The third-order valence-corrected chi connectivity index (χ3v) is 4.87. The largest absolute Gasteiger partial charge is 0.494 e. The van der Waals surface area contributed by atoms with Gasteiger partial charge >= 0.3 is 18.2 Å². The lowest BCUT2D eigenvalue weighted by Gasteiger charge is -2.14. The van der Waals surface area contributed by atoms with E-state index in [9.17, 15) is 31.2 Å². The van der Waals surface area contributed by atoms with E-state index in [1.807, 2.05) is 0 Å². The smallest absolute Gasteiger partial charge is 0.490 e. The molecule has 0 fully saturated rings. The van der Waals surface area contributed by atoms with E-state index >= 15 is 0 Å². The molecule has 0 bridgehead atoms. The molecule has 1 unspecified atom stereocenters. The Bertz CT molecular complexity index is 1060. The standard InChI is InChI=1S/C19H21F3N4O6S/c20-19(21,22)17(27)32-16(23)2-1-11-31-14-7-3-12(4-8-14)25-18(28)26-13-5-9-15(10-6-13)33(24,29)30/h3-10,16H,1-2,11,23H2,(H2,24,29,30)(H2,25,26,28). The highest BCUT2D eigenvalue weighted by atomic mass is 32.2. The molecule has 2 aromatic rings. The molecule has 0 aliphatic heterocycles. The number of amides is 2. The number of ether oxygens (including phenoxy) is 2. The van der Waals surface area contributed by atoms with Gasteiger partial charge < -0.3 is 20.1 Å². The highest BCUT2D eigenvalue weighted by molar-refractivity contribution is 7.89. The normalized spacial score (nSPS) is 12.5. The van der Waals surface area contributed by atoms with E-state index < -0.39 is 34.4 Å². The van der Waals surface area contributed by atoms with Crippen LogP contribution in [0.5, 0.6) is 5.75 Å². The van der Waals surface area contributed by atoms with Crippen molar-refractivity contribution in [3.63, 3.8) is 0 Å². The Labute approximate surface area is 187 Å². The zero-order valence-corrected chi connectivity index (χ0v) is 17.8. The molecule has 33 heavy (non-hydrogen) atoms. The summed E-state index contributed by atoms with van der Waals surface area (Å²) in [6, 6.07) is 10.9. The van der Waals surface area contributed by atoms with E-state index in [0.717, 1.165) is 0 Å². The first-order valence-electron chi connectivity index (χ1n) is 9.32. The van der Waals surface area contributed by atoms with Crippen LogP contribution in [-0.4, -0.2) is 39.4 Å². The molecular weight excluding hydrogens is 469 g/mol. The first kappa shape index (κ1) is 25.9. The monoisotopic (exact) mass is 490 g/mol. The van der Waals surface area contributed by atoms with Gasteiger partial charge in [-0.15, -0.1) is 0 Å². The van der Waals surface area contributed by atoms with Gasteiger partial charge in [0.25, 0.3) is 0 Å². The van der Waals surface area contributed by atoms with Crippen molar-refractivity contribution in [2.24, 2.45) is 10.9 Å². The lowest BCUT2D eigenvalue weighted by molar-refractivity contribution is -0.205. The lowest BCUT2D eigenvalue weighted by atomic mass is 10.3. The quantitative estimate of drug-likeness (QED) is 0.238. The maximum atomic E-state index is 12.1. The van der Waals surface area contributed by atoms with Crippen molar-refractivity contribution in [1.29, 1.82) is 0 Å². The highest BCUT2D eigenvalue weighted by Crippen LogP contribution is 2.19. The molecule has 0 radical (unpaired) electrons. The minimum Gasteiger partial charge on any atom is -0.494 e. The van der Waals surface area contributed by atoms with E-state index in [4.69, 9.17) is 15.6 Å². The van der Waals surface area contributed by atoms with Gasteiger partial charge in [-0.05, 0) is 55.0 Å². The van der Waals surface area contributed by atoms with Crippen molar-refractivity contribution in [1.82, 2.24) is 0 Å². The van der Waals surface area contributed by atoms with E-state index in [1.54, 1.807) is 24.3 Å². The van der Waals surface area contributed by atoms with Crippen LogP contribution in [0.15, 0.2) is 53.4 Å². The van der Waals surface area contributed by atoms with Crippen LogP contribution < -0.4 is 26.2 Å². The summed E-state index contributed by atoms with van der Waals surface area (Å²) in [5.41, 5.74) is 6.10. The molecule has 0 heterocycles. The number of alkyl halides is 3. The predicted octanol–water partition coefficient (Wildman–Crippen LogP) is 2.53. The molecule has 0 saturated carbocycles. The van der Waals surface area contributed by atoms with Crippen LogP contribution in [0, 0.1) is 0 Å². The Kier molecular flexibility index (Phi) is 8.62. The molecule has 14 heteroatoms. The zero-order valence-electron chi connectivity index (χ0n) is 17.0. The molecule has 2 rings (SSSR count). The molecule has 2 aromatic carbocycles. The van der Waals surface area contributed by atoms with Crippen LogP contribution in [-0.2, 0) is 19.6 Å². The number of hydrogen-bond donors (Lipinski definition) is 4. The van der Waals surface area contributed by atoms with E-state index in [1.165, 1.54) is 24.3 Å². The third kappa shape index (κ3) is 8.96. The number of anilines is 2. The fourth-order valence-electron chi connectivity index (χ4n) is 2.39. The van der Waals surface area contributed by atoms with Crippen LogP contribution in [0.3, 0.4) is 0 Å². The molecule has 0 aliphatic carbocycles. The fourth-order valence-corrected chi connectivity index (χ4v) is 2.91. The third-order valence-electron chi connectivity index (χ3n) is 3.94. The number of primary sulfonamides is 1. The first-order chi connectivity index (χ1) is 15.3. The Morgan fingerprint density at radius 1 is 0.970 bits per heavy atom. The van der Waals surface area contributed by atoms with Gasteiger partial charge in [-0.1, -0.05) is 0 Å². The topological polar surface area (TPSA) is 163 Å². The molecule has 0 spiro atoms. The molecule has 0 aromatic heterocycles. The Hall–Kier alpha value is -3.36. The van der Waals surface area contributed by atoms with Crippen LogP contribution in [0.25, 0.3) is 0 Å². The summed E-state index contributed by atoms with van der Waals surface area (Å²) in [4.78, 5) is 22.6. The summed E-state index contributed by atoms with van der Waals surface area (Å²) in [5.74, 6) is -1.91. The number of sulfonamides is 1. The molecule has 2 amide bonds. The number of rotatable bonds is 9. The van der Waals surface area contributed by atoms with Gasteiger partial charge in [0.15, 0.2) is 6.23 Å². The molecular formula is C19H21F3N4O6S. The van der Waals surface area contributed by atoms with Gasteiger partial charge in [0.05, 0.1) is 11.5 Å². The average molecular weight is 490 g/mol. The summed E-state index contributed by atoms with van der Waals surface area (Å²) < 4.78 is 68.2. The molecule has 1 atom stereocenters. The van der Waals surface area contributed by atoms with Gasteiger partial charge in [-0.3, -0.25) is 5.73 Å². The minimum atomic E-state index is -5.10. The van der Waals surface area contributed by atoms with Gasteiger partial charge in [0, 0.05) is 17.8 Å². The lowest BCUT2D eigenvalue weighted by Crippen LogP contribution is -2.34. The molecule has 6 N–H and O–H groups in total.